The van der Waals surface area contributed by atoms with E-state index in [1.807, 2.05) is 53.4 Å². The quantitative estimate of drug-likeness (QED) is 0.353. The Morgan fingerprint density at radius 1 is 0.895 bits per heavy atom. The summed E-state index contributed by atoms with van der Waals surface area (Å²) in [6.07, 6.45) is 3.54. The molecule has 1 amide bonds. The van der Waals surface area contributed by atoms with Crippen LogP contribution in [0, 0.1) is 0 Å². The number of hydrogen-bond donors (Lipinski definition) is 1. The van der Waals surface area contributed by atoms with E-state index in [-0.39, 0.29) is 18.6 Å². The van der Waals surface area contributed by atoms with E-state index >= 15 is 0 Å². The van der Waals surface area contributed by atoms with Crippen LogP contribution in [0.1, 0.15) is 54.7 Å². The summed E-state index contributed by atoms with van der Waals surface area (Å²) in [5, 5.41) is 9.51. The number of carboxylic acid groups (broad SMARTS) is 1. The number of amides is 1. The van der Waals surface area contributed by atoms with Crippen molar-refractivity contribution in [2.45, 2.75) is 49.2 Å². The van der Waals surface area contributed by atoms with Crippen LogP contribution in [-0.2, 0) is 19.9 Å². The second-order valence-corrected chi connectivity index (χ2v) is 11.4. The SMILES string of the molecule is O=C(O)COC1(c2ccc(Br)cc2)CCN(C(=O)OCC2c3ccccc3-c3ccccc32)C12CCCC2. The minimum atomic E-state index is -1.02. The Labute approximate surface area is 230 Å². The minimum absolute atomic E-state index is 0.0204. The van der Waals surface area contributed by atoms with Crippen LogP contribution in [-0.4, -0.2) is 47.4 Å². The number of carboxylic acids is 1. The second kappa shape index (κ2) is 9.86. The van der Waals surface area contributed by atoms with Crippen LogP contribution in [0.2, 0.25) is 0 Å². The molecule has 2 aliphatic carbocycles. The molecule has 3 aromatic carbocycles. The first-order valence-corrected chi connectivity index (χ1v) is 14.0. The van der Waals surface area contributed by atoms with E-state index in [2.05, 4.69) is 40.2 Å². The molecule has 1 spiro atoms. The summed E-state index contributed by atoms with van der Waals surface area (Å²) in [7, 11) is 0. The molecule has 0 aromatic heterocycles. The van der Waals surface area contributed by atoms with Crippen LogP contribution >= 0.6 is 15.9 Å². The molecule has 2 fully saturated rings. The van der Waals surface area contributed by atoms with Crippen LogP contribution in [0.3, 0.4) is 0 Å². The molecule has 1 unspecified atom stereocenters. The maximum atomic E-state index is 13.8. The lowest BCUT2D eigenvalue weighted by Gasteiger charge is -2.47. The van der Waals surface area contributed by atoms with Crippen LogP contribution < -0.4 is 0 Å². The number of benzene rings is 3. The van der Waals surface area contributed by atoms with Crippen molar-refractivity contribution < 1.29 is 24.2 Å². The maximum Gasteiger partial charge on any atom is 0.410 e. The second-order valence-electron chi connectivity index (χ2n) is 10.5. The van der Waals surface area contributed by atoms with E-state index < -0.39 is 23.7 Å². The lowest BCUT2D eigenvalue weighted by atomic mass is 9.74. The van der Waals surface area contributed by atoms with Crippen molar-refractivity contribution in [2.75, 3.05) is 19.8 Å². The molecule has 38 heavy (non-hydrogen) atoms. The van der Waals surface area contributed by atoms with Gasteiger partial charge >= 0.3 is 12.1 Å². The van der Waals surface area contributed by atoms with Gasteiger partial charge in [0.25, 0.3) is 0 Å². The monoisotopic (exact) mass is 575 g/mol. The molecule has 1 heterocycles. The number of carbonyl (C=O) groups is 2. The Morgan fingerprint density at radius 2 is 1.50 bits per heavy atom. The van der Waals surface area contributed by atoms with Crippen molar-refractivity contribution in [1.29, 1.82) is 0 Å². The Balaban J connectivity index is 1.30. The van der Waals surface area contributed by atoms with Gasteiger partial charge in [0.15, 0.2) is 0 Å². The zero-order valence-corrected chi connectivity index (χ0v) is 22.7. The normalized spacial score (nSPS) is 21.4. The molecule has 1 aliphatic heterocycles. The molecule has 6 rings (SSSR count). The highest BCUT2D eigenvalue weighted by atomic mass is 79.9. The van der Waals surface area contributed by atoms with E-state index in [1.54, 1.807) is 0 Å². The Kier molecular flexibility index (Phi) is 6.52. The summed E-state index contributed by atoms with van der Waals surface area (Å²) in [6, 6.07) is 24.4. The van der Waals surface area contributed by atoms with Crippen LogP contribution in [0.25, 0.3) is 11.1 Å². The van der Waals surface area contributed by atoms with E-state index in [1.165, 1.54) is 22.3 Å². The minimum Gasteiger partial charge on any atom is -0.480 e. The van der Waals surface area contributed by atoms with Gasteiger partial charge < -0.3 is 14.6 Å². The predicted molar refractivity (Wildman–Crippen MR) is 147 cm³/mol. The van der Waals surface area contributed by atoms with E-state index in [4.69, 9.17) is 9.47 Å². The van der Waals surface area contributed by atoms with Crippen molar-refractivity contribution >= 4 is 28.0 Å². The number of likely N-dealkylation sites (tertiary alicyclic amines) is 1. The number of fused-ring (bicyclic) bond motifs is 3. The van der Waals surface area contributed by atoms with Gasteiger partial charge in [-0.2, -0.15) is 0 Å². The Morgan fingerprint density at radius 3 is 2.11 bits per heavy atom. The standard InChI is InChI=1S/C31H30BrNO5/c32-22-13-11-21(12-14-22)31(38-20-28(34)35)17-18-33(30(31)15-5-6-16-30)29(36)37-19-27-25-9-3-1-7-23(25)24-8-2-4-10-26(24)27/h1-4,7-14,27H,5-6,15-20H2,(H,34,35). The van der Waals surface area contributed by atoms with Crippen molar-refractivity contribution in [1.82, 2.24) is 4.90 Å². The first-order valence-electron chi connectivity index (χ1n) is 13.2. The molecule has 7 heteroatoms. The molecular weight excluding hydrogens is 546 g/mol. The van der Waals surface area contributed by atoms with Gasteiger partial charge in [0.1, 0.15) is 18.8 Å². The number of rotatable bonds is 6. The third-order valence-corrected chi connectivity index (χ3v) is 9.22. The first-order chi connectivity index (χ1) is 18.4. The van der Waals surface area contributed by atoms with Gasteiger partial charge in [0.05, 0.1) is 5.54 Å². The number of carbonyl (C=O) groups excluding carboxylic acids is 1. The molecule has 3 aliphatic rings. The molecule has 1 saturated carbocycles. The fourth-order valence-corrected chi connectivity index (χ4v) is 7.38. The van der Waals surface area contributed by atoms with Gasteiger partial charge in [-0.15, -0.1) is 0 Å². The Bertz CT molecular complexity index is 1320. The number of nitrogens with zero attached hydrogens (tertiary/aromatic N) is 1. The van der Waals surface area contributed by atoms with Crippen molar-refractivity contribution in [3.63, 3.8) is 0 Å². The van der Waals surface area contributed by atoms with Gasteiger partial charge in [-0.1, -0.05) is 89.4 Å². The third-order valence-electron chi connectivity index (χ3n) is 8.70. The number of halogens is 1. The van der Waals surface area contributed by atoms with Crippen LogP contribution in [0.4, 0.5) is 4.79 Å². The third kappa shape index (κ3) is 3.95. The summed E-state index contributed by atoms with van der Waals surface area (Å²) in [6.45, 7) is 0.281. The highest BCUT2D eigenvalue weighted by molar-refractivity contribution is 9.10. The molecule has 6 nitrogen and oxygen atoms in total. The lowest BCUT2D eigenvalue weighted by Crippen LogP contribution is -2.57. The average Bonchev–Trinajstić information content (AvgIpc) is 3.63. The van der Waals surface area contributed by atoms with Gasteiger partial charge in [-0.05, 0) is 52.8 Å². The maximum absolute atomic E-state index is 13.8. The van der Waals surface area contributed by atoms with E-state index in [0.717, 1.165) is 35.7 Å². The summed E-state index contributed by atoms with van der Waals surface area (Å²) in [5.74, 6) is -1.04. The fourth-order valence-electron chi connectivity index (χ4n) is 7.11. The Hall–Kier alpha value is -3.16. The molecule has 196 valence electrons. The lowest BCUT2D eigenvalue weighted by molar-refractivity contribution is -0.160. The number of hydrogen-bond acceptors (Lipinski definition) is 4. The van der Waals surface area contributed by atoms with Crippen LogP contribution in [0.15, 0.2) is 77.3 Å². The summed E-state index contributed by atoms with van der Waals surface area (Å²) < 4.78 is 13.3. The highest BCUT2D eigenvalue weighted by Gasteiger charge is 2.64. The van der Waals surface area contributed by atoms with Crippen molar-refractivity contribution in [3.8, 4) is 11.1 Å². The van der Waals surface area contributed by atoms with E-state index in [9.17, 15) is 14.7 Å². The largest absolute Gasteiger partial charge is 0.480 e. The summed E-state index contributed by atoms with van der Waals surface area (Å²) in [4.78, 5) is 27.3. The molecule has 1 saturated heterocycles. The number of ether oxygens (including phenoxy) is 2. The van der Waals surface area contributed by atoms with Gasteiger partial charge in [0, 0.05) is 23.4 Å². The van der Waals surface area contributed by atoms with Crippen molar-refractivity contribution in [2.24, 2.45) is 0 Å². The smallest absolute Gasteiger partial charge is 0.410 e. The number of aliphatic carboxylic acids is 1. The topological polar surface area (TPSA) is 76.1 Å². The molecule has 0 radical (unpaired) electrons. The van der Waals surface area contributed by atoms with E-state index in [0.29, 0.717) is 13.0 Å². The molecule has 0 bridgehead atoms. The van der Waals surface area contributed by atoms with Crippen molar-refractivity contribution in [3.05, 3.63) is 94.0 Å². The first kappa shape index (κ1) is 25.1. The fraction of sp³-hybridized carbons (Fsp3) is 0.355. The summed E-state index contributed by atoms with van der Waals surface area (Å²) >= 11 is 3.50. The molecule has 1 atom stereocenters. The van der Waals surface area contributed by atoms with Gasteiger partial charge in [0.2, 0.25) is 0 Å². The molecular formula is C31H30BrNO5. The zero-order chi connectivity index (χ0) is 26.3. The molecule has 1 N–H and O–H groups in total. The predicted octanol–water partition coefficient (Wildman–Crippen LogP) is 6.71. The zero-order valence-electron chi connectivity index (χ0n) is 21.1. The molecule has 3 aromatic rings. The summed E-state index contributed by atoms with van der Waals surface area (Å²) in [5.41, 5.74) is 4.06. The highest BCUT2D eigenvalue weighted by Crippen LogP contribution is 2.57. The average molecular weight is 576 g/mol. The van der Waals surface area contributed by atoms with Gasteiger partial charge in [-0.3, -0.25) is 4.90 Å². The van der Waals surface area contributed by atoms with Crippen LogP contribution in [0.5, 0.6) is 0 Å². The van der Waals surface area contributed by atoms with Gasteiger partial charge in [-0.25, -0.2) is 9.59 Å².